The van der Waals surface area contributed by atoms with Crippen LogP contribution in [-0.2, 0) is 0 Å². The van der Waals surface area contributed by atoms with Crippen molar-refractivity contribution in [2.24, 2.45) is 23.7 Å². The van der Waals surface area contributed by atoms with Gasteiger partial charge in [0.1, 0.15) is 0 Å². The molecule has 1 aromatic rings. The Morgan fingerprint density at radius 1 is 1.37 bits per heavy atom. The van der Waals surface area contributed by atoms with Crippen molar-refractivity contribution < 1.29 is 0 Å². The molecule has 0 unspecified atom stereocenters. The molecule has 2 bridgehead atoms. The van der Waals surface area contributed by atoms with Gasteiger partial charge in [-0.25, -0.2) is 0 Å². The number of hydrogen-bond acceptors (Lipinski definition) is 1. The molecule has 0 heterocycles. The van der Waals surface area contributed by atoms with E-state index in [4.69, 9.17) is 11.6 Å². The van der Waals surface area contributed by atoms with E-state index in [-0.39, 0.29) is 0 Å². The van der Waals surface area contributed by atoms with Crippen molar-refractivity contribution in [2.45, 2.75) is 13.3 Å². The second-order valence-corrected chi connectivity index (χ2v) is 6.02. The summed E-state index contributed by atoms with van der Waals surface area (Å²) in [6.07, 6.45) is 8.06. The average molecular weight is 270 g/mol. The molecule has 1 nitrogen and oxygen atoms in total. The van der Waals surface area contributed by atoms with Crippen LogP contribution in [0.5, 0.6) is 0 Å². The number of allylic oxidation sites excluding steroid dienone is 4. The van der Waals surface area contributed by atoms with Crippen LogP contribution < -0.4 is 0 Å². The number of hydrogen-bond donors (Lipinski definition) is 0. The molecule has 0 aromatic heterocycles. The zero-order chi connectivity index (χ0) is 13.4. The Morgan fingerprint density at radius 3 is 2.79 bits per heavy atom. The highest BCUT2D eigenvalue weighted by Gasteiger charge is 2.40. The predicted octanol–water partition coefficient (Wildman–Crippen LogP) is 4.71. The van der Waals surface area contributed by atoms with Crippen LogP contribution in [0.3, 0.4) is 0 Å². The Bertz CT molecular complexity index is 594. The molecule has 1 aromatic carbocycles. The summed E-state index contributed by atoms with van der Waals surface area (Å²) < 4.78 is 0. The second kappa shape index (κ2) is 4.87. The standard InChI is InChI=1S/C17H16ClN/c1-11-12-5-6-14(7-12)17(11)9-15(10-19)13-3-2-4-16(18)8-13/h2-6,8-9,11-12,14,17H,7H2,1H3/b15-9+/t11-,12+,14+,17+/m1/s1. The molecule has 2 heteroatoms. The normalized spacial score (nSPS) is 32.6. The van der Waals surface area contributed by atoms with Crippen LogP contribution in [0.25, 0.3) is 5.57 Å². The molecule has 4 atom stereocenters. The fourth-order valence-electron chi connectivity index (χ4n) is 3.43. The van der Waals surface area contributed by atoms with Gasteiger partial charge < -0.3 is 0 Å². The highest BCUT2D eigenvalue weighted by atomic mass is 35.5. The molecule has 2 aliphatic rings. The summed E-state index contributed by atoms with van der Waals surface area (Å²) in [6, 6.07) is 9.88. The van der Waals surface area contributed by atoms with Crippen molar-refractivity contribution in [1.29, 1.82) is 5.26 Å². The Labute approximate surface area is 119 Å². The summed E-state index contributed by atoms with van der Waals surface area (Å²) in [5.74, 6) is 2.44. The van der Waals surface area contributed by atoms with Gasteiger partial charge in [-0.2, -0.15) is 5.26 Å². The summed E-state index contributed by atoms with van der Waals surface area (Å²) in [7, 11) is 0. The van der Waals surface area contributed by atoms with E-state index in [1.807, 2.05) is 24.3 Å². The first-order valence-electron chi connectivity index (χ1n) is 6.75. The van der Waals surface area contributed by atoms with Gasteiger partial charge in [0.05, 0.1) is 11.6 Å². The SMILES string of the molecule is C[C@H]1[C@H](/C=C(\C#N)c2cccc(Cl)c2)[C@H]2C=C[C@H]1C2. The third-order valence-electron chi connectivity index (χ3n) is 4.54. The fourth-order valence-corrected chi connectivity index (χ4v) is 3.62. The number of fused-ring (bicyclic) bond motifs is 2. The summed E-state index contributed by atoms with van der Waals surface area (Å²) >= 11 is 6.01. The van der Waals surface area contributed by atoms with Crippen LogP contribution in [0.15, 0.2) is 42.5 Å². The monoisotopic (exact) mass is 269 g/mol. The zero-order valence-corrected chi connectivity index (χ0v) is 11.6. The van der Waals surface area contributed by atoms with E-state index in [0.29, 0.717) is 28.7 Å². The minimum Gasteiger partial charge on any atom is -0.192 e. The molecule has 3 rings (SSSR count). The molecule has 1 fully saturated rings. The van der Waals surface area contributed by atoms with Gasteiger partial charge in [0.25, 0.3) is 0 Å². The second-order valence-electron chi connectivity index (χ2n) is 5.59. The Balaban J connectivity index is 1.93. The summed E-state index contributed by atoms with van der Waals surface area (Å²) in [5, 5.41) is 10.1. The van der Waals surface area contributed by atoms with Gasteiger partial charge in [0.15, 0.2) is 0 Å². The van der Waals surface area contributed by atoms with Crippen molar-refractivity contribution in [3.63, 3.8) is 0 Å². The summed E-state index contributed by atoms with van der Waals surface area (Å²) in [5.41, 5.74) is 1.68. The van der Waals surface area contributed by atoms with Crippen molar-refractivity contribution in [1.82, 2.24) is 0 Å². The molecule has 0 amide bonds. The lowest BCUT2D eigenvalue weighted by Crippen LogP contribution is -2.14. The van der Waals surface area contributed by atoms with Crippen LogP contribution >= 0.6 is 11.6 Å². The van der Waals surface area contributed by atoms with Crippen molar-refractivity contribution in [2.75, 3.05) is 0 Å². The molecule has 96 valence electrons. The quantitative estimate of drug-likeness (QED) is 0.564. The van der Waals surface area contributed by atoms with Crippen LogP contribution in [0.2, 0.25) is 5.02 Å². The smallest absolute Gasteiger partial charge is 0.0994 e. The number of benzene rings is 1. The van der Waals surface area contributed by atoms with Gasteiger partial charge in [-0.15, -0.1) is 0 Å². The Kier molecular flexibility index (Phi) is 3.21. The first-order valence-corrected chi connectivity index (χ1v) is 7.13. The summed E-state index contributed by atoms with van der Waals surface area (Å²) in [4.78, 5) is 0. The number of nitrogens with zero attached hydrogens (tertiary/aromatic N) is 1. The van der Waals surface area contributed by atoms with E-state index < -0.39 is 0 Å². The number of nitriles is 1. The molecule has 0 N–H and O–H groups in total. The van der Waals surface area contributed by atoms with E-state index in [9.17, 15) is 5.26 Å². The van der Waals surface area contributed by atoms with Gasteiger partial charge in [-0.1, -0.05) is 48.9 Å². The minimum atomic E-state index is 0.489. The van der Waals surface area contributed by atoms with Gasteiger partial charge >= 0.3 is 0 Å². The van der Waals surface area contributed by atoms with Crippen LogP contribution in [-0.4, -0.2) is 0 Å². The van der Waals surface area contributed by atoms with Gasteiger partial charge in [-0.3, -0.25) is 0 Å². The lowest BCUT2D eigenvalue weighted by Gasteiger charge is -2.22. The molecule has 0 radical (unpaired) electrons. The highest BCUT2D eigenvalue weighted by molar-refractivity contribution is 6.30. The van der Waals surface area contributed by atoms with E-state index in [2.05, 4.69) is 31.2 Å². The molecule has 1 saturated carbocycles. The van der Waals surface area contributed by atoms with Crippen molar-refractivity contribution in [3.8, 4) is 6.07 Å². The minimum absolute atomic E-state index is 0.489. The average Bonchev–Trinajstić information content (AvgIpc) is 2.98. The molecule has 0 aliphatic heterocycles. The molecule has 0 spiro atoms. The summed E-state index contributed by atoms with van der Waals surface area (Å²) in [6.45, 7) is 2.29. The maximum Gasteiger partial charge on any atom is 0.0994 e. The van der Waals surface area contributed by atoms with E-state index >= 15 is 0 Å². The lowest BCUT2D eigenvalue weighted by atomic mass is 9.82. The number of halogens is 1. The lowest BCUT2D eigenvalue weighted by molar-refractivity contribution is 0.404. The molecule has 19 heavy (non-hydrogen) atoms. The third kappa shape index (κ3) is 2.22. The van der Waals surface area contributed by atoms with Crippen LogP contribution in [0.4, 0.5) is 0 Å². The van der Waals surface area contributed by atoms with Gasteiger partial charge in [0, 0.05) is 5.02 Å². The highest BCUT2D eigenvalue weighted by Crippen LogP contribution is 2.49. The van der Waals surface area contributed by atoms with Gasteiger partial charge in [-0.05, 0) is 47.8 Å². The van der Waals surface area contributed by atoms with E-state index in [1.165, 1.54) is 6.42 Å². The van der Waals surface area contributed by atoms with E-state index in [0.717, 1.165) is 11.1 Å². The first-order chi connectivity index (χ1) is 9.19. The first kappa shape index (κ1) is 12.5. The largest absolute Gasteiger partial charge is 0.192 e. The van der Waals surface area contributed by atoms with E-state index in [1.54, 1.807) is 0 Å². The molecule has 2 aliphatic carbocycles. The Morgan fingerprint density at radius 2 is 2.16 bits per heavy atom. The molecule has 0 saturated heterocycles. The van der Waals surface area contributed by atoms with Crippen LogP contribution in [0, 0.1) is 35.0 Å². The fraction of sp³-hybridized carbons (Fsp3) is 0.353. The Hall–Kier alpha value is -1.52. The zero-order valence-electron chi connectivity index (χ0n) is 10.9. The molecular formula is C17H16ClN. The van der Waals surface area contributed by atoms with Gasteiger partial charge in [0.2, 0.25) is 0 Å². The maximum absolute atomic E-state index is 9.41. The maximum atomic E-state index is 9.41. The number of rotatable bonds is 2. The van der Waals surface area contributed by atoms with Crippen molar-refractivity contribution >= 4 is 17.2 Å². The molecular weight excluding hydrogens is 254 g/mol. The van der Waals surface area contributed by atoms with Crippen molar-refractivity contribution in [3.05, 3.63) is 53.1 Å². The third-order valence-corrected chi connectivity index (χ3v) is 4.78. The van der Waals surface area contributed by atoms with Crippen LogP contribution in [0.1, 0.15) is 18.9 Å². The topological polar surface area (TPSA) is 23.8 Å². The predicted molar refractivity (Wildman–Crippen MR) is 78.4 cm³/mol.